The summed E-state index contributed by atoms with van der Waals surface area (Å²) in [5.41, 5.74) is 15.4. The number of hydrogen-bond donors (Lipinski definition) is 0. The third-order valence-corrected chi connectivity index (χ3v) is 10.3. The lowest BCUT2D eigenvalue weighted by molar-refractivity contribution is 1.37. The van der Waals surface area contributed by atoms with E-state index in [0.29, 0.717) is 0 Å². The Balaban J connectivity index is 1.000. The second-order valence-electron chi connectivity index (χ2n) is 13.2. The van der Waals surface area contributed by atoms with Gasteiger partial charge in [0.2, 0.25) is 0 Å². The van der Waals surface area contributed by atoms with E-state index < -0.39 is 0 Å². The molecule has 0 atom stereocenters. The van der Waals surface area contributed by atoms with Crippen LogP contribution in [0.5, 0.6) is 0 Å². The number of hydrogen-bond acceptors (Lipinski definition) is 3. The molecular weight excluding hydrogens is 607 g/mol. The van der Waals surface area contributed by atoms with Crippen molar-refractivity contribution in [1.29, 1.82) is 0 Å². The minimum absolute atomic E-state index is 0.911. The van der Waals surface area contributed by atoms with Crippen LogP contribution in [0.2, 0.25) is 0 Å². The molecule has 3 aromatic heterocycles. The van der Waals surface area contributed by atoms with Gasteiger partial charge in [-0.15, -0.1) is 0 Å². The van der Waals surface area contributed by atoms with Gasteiger partial charge in [-0.05, 0) is 92.7 Å². The van der Waals surface area contributed by atoms with Gasteiger partial charge < -0.3 is 0 Å². The molecule has 0 saturated carbocycles. The zero-order valence-electron chi connectivity index (χ0n) is 26.9. The zero-order chi connectivity index (χ0) is 32.8. The number of fused-ring (bicyclic) bond motifs is 8. The van der Waals surface area contributed by atoms with Crippen LogP contribution in [0.1, 0.15) is 0 Å². The fourth-order valence-corrected chi connectivity index (χ4v) is 7.86. The van der Waals surface area contributed by atoms with Crippen LogP contribution in [0, 0.1) is 0 Å². The summed E-state index contributed by atoms with van der Waals surface area (Å²) in [5, 5.41) is 7.06. The monoisotopic (exact) mass is 633 g/mol. The van der Waals surface area contributed by atoms with Crippen LogP contribution in [-0.2, 0) is 0 Å². The minimum atomic E-state index is 0.911. The third kappa shape index (κ3) is 4.14. The maximum atomic E-state index is 5.28. The highest BCUT2D eigenvalue weighted by Gasteiger charge is 2.21. The normalized spacial score (nSPS) is 12.0. The highest BCUT2D eigenvalue weighted by atomic mass is 14.8. The summed E-state index contributed by atoms with van der Waals surface area (Å²) in [6.07, 6.45) is 0. The van der Waals surface area contributed by atoms with Crippen molar-refractivity contribution in [2.75, 3.05) is 0 Å². The predicted octanol–water partition coefficient (Wildman–Crippen LogP) is 12.3. The first-order valence-electron chi connectivity index (χ1n) is 17.0. The molecule has 7 aromatic carbocycles. The van der Waals surface area contributed by atoms with Crippen LogP contribution in [0.25, 0.3) is 110 Å². The van der Waals surface area contributed by atoms with Crippen molar-refractivity contribution >= 4 is 54.4 Å². The fourth-order valence-electron chi connectivity index (χ4n) is 7.86. The zero-order valence-corrected chi connectivity index (χ0v) is 26.9. The molecule has 3 nitrogen and oxygen atoms in total. The largest absolute Gasteiger partial charge is 0.248 e. The Kier molecular flexibility index (Phi) is 5.67. The van der Waals surface area contributed by atoms with Crippen LogP contribution in [0.3, 0.4) is 0 Å². The van der Waals surface area contributed by atoms with Crippen LogP contribution < -0.4 is 0 Å². The summed E-state index contributed by atoms with van der Waals surface area (Å²) in [7, 11) is 0. The van der Waals surface area contributed by atoms with Gasteiger partial charge in [-0.25, -0.2) is 15.0 Å². The predicted molar refractivity (Wildman–Crippen MR) is 208 cm³/mol. The Morgan fingerprint density at radius 1 is 0.280 bits per heavy atom. The van der Waals surface area contributed by atoms with Gasteiger partial charge in [-0.1, -0.05) is 115 Å². The molecule has 0 saturated heterocycles. The highest BCUT2D eigenvalue weighted by Crippen LogP contribution is 2.48. The van der Waals surface area contributed by atoms with E-state index in [-0.39, 0.29) is 0 Å². The third-order valence-electron chi connectivity index (χ3n) is 10.3. The van der Waals surface area contributed by atoms with Crippen molar-refractivity contribution in [3.8, 4) is 55.9 Å². The van der Waals surface area contributed by atoms with Crippen molar-refractivity contribution in [1.82, 2.24) is 15.0 Å². The van der Waals surface area contributed by atoms with Crippen molar-refractivity contribution in [2.45, 2.75) is 0 Å². The summed E-state index contributed by atoms with van der Waals surface area (Å²) in [4.78, 5) is 15.4. The van der Waals surface area contributed by atoms with E-state index in [1.165, 1.54) is 33.0 Å². The van der Waals surface area contributed by atoms with Crippen molar-refractivity contribution in [3.05, 3.63) is 164 Å². The number of nitrogens with zero attached hydrogens (tertiary/aromatic N) is 3. The van der Waals surface area contributed by atoms with Gasteiger partial charge in [0, 0.05) is 32.7 Å². The number of pyridine rings is 3. The Labute approximate surface area is 288 Å². The highest BCUT2D eigenvalue weighted by molar-refractivity contribution is 6.15. The molecule has 230 valence electrons. The Bertz CT molecular complexity index is 3040. The number of aromatic nitrogens is 3. The second kappa shape index (κ2) is 10.4. The van der Waals surface area contributed by atoms with Gasteiger partial charge in [0.25, 0.3) is 0 Å². The second-order valence-corrected chi connectivity index (χ2v) is 13.2. The molecule has 3 heteroatoms. The maximum absolute atomic E-state index is 5.28. The molecule has 0 spiro atoms. The molecule has 0 aliphatic heterocycles. The van der Waals surface area contributed by atoms with Gasteiger partial charge in [0.1, 0.15) is 0 Å². The molecule has 0 N–H and O–H groups in total. The van der Waals surface area contributed by atoms with Gasteiger partial charge in [-0.2, -0.15) is 0 Å². The molecule has 10 aromatic rings. The molecule has 0 amide bonds. The quantitative estimate of drug-likeness (QED) is 0.144. The minimum Gasteiger partial charge on any atom is -0.248 e. The van der Waals surface area contributed by atoms with Crippen molar-refractivity contribution in [2.24, 2.45) is 0 Å². The van der Waals surface area contributed by atoms with E-state index in [1.54, 1.807) is 0 Å². The first-order chi connectivity index (χ1) is 24.7. The van der Waals surface area contributed by atoms with Crippen molar-refractivity contribution < 1.29 is 0 Å². The first-order valence-corrected chi connectivity index (χ1v) is 17.0. The summed E-state index contributed by atoms with van der Waals surface area (Å²) in [5.74, 6) is 0. The molecule has 1 aliphatic carbocycles. The fraction of sp³-hybridized carbons (Fsp3) is 0. The average Bonchev–Trinajstić information content (AvgIpc) is 3.50. The van der Waals surface area contributed by atoms with E-state index in [0.717, 1.165) is 77.3 Å². The van der Waals surface area contributed by atoms with E-state index >= 15 is 0 Å². The lowest BCUT2D eigenvalue weighted by Crippen LogP contribution is -1.91. The van der Waals surface area contributed by atoms with Crippen LogP contribution in [0.4, 0.5) is 0 Å². The first kappa shape index (κ1) is 27.3. The van der Waals surface area contributed by atoms with E-state index in [4.69, 9.17) is 15.0 Å². The van der Waals surface area contributed by atoms with E-state index in [1.807, 2.05) is 6.07 Å². The van der Waals surface area contributed by atoms with Crippen LogP contribution in [0.15, 0.2) is 164 Å². The molecule has 0 radical (unpaired) electrons. The lowest BCUT2D eigenvalue weighted by atomic mass is 9.98. The summed E-state index contributed by atoms with van der Waals surface area (Å²) in [6, 6.07) is 58.5. The average molecular weight is 634 g/mol. The molecule has 1 aliphatic rings. The van der Waals surface area contributed by atoms with Crippen LogP contribution >= 0.6 is 0 Å². The summed E-state index contributed by atoms with van der Waals surface area (Å²) in [6.45, 7) is 0. The molecule has 0 bridgehead atoms. The molecule has 50 heavy (non-hydrogen) atoms. The molecule has 0 unspecified atom stereocenters. The number of para-hydroxylation sites is 1. The number of rotatable bonds is 3. The number of benzene rings is 7. The molecule has 3 heterocycles. The Hall–Kier alpha value is -6.71. The van der Waals surface area contributed by atoms with Gasteiger partial charge in [0.15, 0.2) is 0 Å². The Morgan fingerprint density at radius 3 is 1.68 bits per heavy atom. The lowest BCUT2D eigenvalue weighted by Gasteiger charge is -2.10. The van der Waals surface area contributed by atoms with E-state index in [2.05, 4.69) is 158 Å². The van der Waals surface area contributed by atoms with Gasteiger partial charge in [-0.3, -0.25) is 0 Å². The van der Waals surface area contributed by atoms with Crippen LogP contribution in [-0.4, -0.2) is 15.0 Å². The smallest absolute Gasteiger partial charge is 0.0972 e. The molecule has 11 rings (SSSR count). The molecular formula is C47H27N3. The maximum Gasteiger partial charge on any atom is 0.0972 e. The molecule has 0 fully saturated rings. The summed E-state index contributed by atoms with van der Waals surface area (Å²) >= 11 is 0. The topological polar surface area (TPSA) is 38.7 Å². The van der Waals surface area contributed by atoms with Gasteiger partial charge in [0.05, 0.1) is 33.5 Å². The SMILES string of the molecule is c1cc(-c2ccc3nc4ccccc4cc3c2)cc(-c2ccc3ccc4ccc(-c5ccc6c(c5)-c5cccc7cccc-6c57)nc4c3n2)c1. The van der Waals surface area contributed by atoms with Gasteiger partial charge >= 0.3 is 0 Å². The van der Waals surface area contributed by atoms with Crippen molar-refractivity contribution in [3.63, 3.8) is 0 Å². The Morgan fingerprint density at radius 2 is 0.880 bits per heavy atom. The standard InChI is InChI=1S/C47H27N3/c1-2-13-41-33(6-1)26-36-25-32(19-23-44(36)48-41)31-9-3-10-34(24-31)42-21-17-29-14-15-30-18-22-43(50-47(30)46(29)49-42)35-16-20-37-38-11-4-7-28-8-5-12-39(45(28)38)40(37)27-35/h1-27H. The van der Waals surface area contributed by atoms with E-state index in [9.17, 15) is 0 Å². The summed E-state index contributed by atoms with van der Waals surface area (Å²) < 4.78 is 0.